The zero-order valence-electron chi connectivity index (χ0n) is 9.44. The first kappa shape index (κ1) is 11.7. The van der Waals surface area contributed by atoms with Crippen LogP contribution in [0.5, 0.6) is 0 Å². The Morgan fingerprint density at radius 2 is 2.38 bits per heavy atom. The molecule has 2 rings (SSSR count). The van der Waals surface area contributed by atoms with Gasteiger partial charge < -0.3 is 14.2 Å². The first-order chi connectivity index (χ1) is 7.58. The number of aryl methyl sites for hydroxylation is 1. The van der Waals surface area contributed by atoms with E-state index >= 15 is 0 Å². The van der Waals surface area contributed by atoms with E-state index in [9.17, 15) is 4.79 Å². The van der Waals surface area contributed by atoms with Gasteiger partial charge in [-0.1, -0.05) is 0 Å². The Kier molecular flexibility index (Phi) is 3.35. The molecule has 1 aliphatic heterocycles. The van der Waals surface area contributed by atoms with Crippen molar-refractivity contribution in [1.82, 2.24) is 9.47 Å². The summed E-state index contributed by atoms with van der Waals surface area (Å²) in [5.41, 5.74) is 0.709. The van der Waals surface area contributed by atoms with Crippen molar-refractivity contribution in [3.05, 3.63) is 22.4 Å². The maximum atomic E-state index is 12.2. The maximum absolute atomic E-state index is 12.2. The van der Waals surface area contributed by atoms with Gasteiger partial charge in [-0.25, -0.2) is 0 Å². The van der Waals surface area contributed by atoms with Crippen LogP contribution >= 0.6 is 15.9 Å². The molecule has 0 radical (unpaired) electrons. The number of carbonyl (C=O) groups excluding carboxylic acids is 1. The summed E-state index contributed by atoms with van der Waals surface area (Å²) in [6.45, 7) is 3.95. The van der Waals surface area contributed by atoms with E-state index in [2.05, 4.69) is 15.9 Å². The van der Waals surface area contributed by atoms with Crippen LogP contribution in [-0.2, 0) is 11.8 Å². The molecule has 1 saturated heterocycles. The van der Waals surface area contributed by atoms with Crippen molar-refractivity contribution in [3.63, 3.8) is 0 Å². The highest BCUT2D eigenvalue weighted by molar-refractivity contribution is 9.10. The lowest BCUT2D eigenvalue weighted by molar-refractivity contribution is -0.0127. The monoisotopic (exact) mass is 286 g/mol. The number of amides is 1. The summed E-state index contributed by atoms with van der Waals surface area (Å²) in [4.78, 5) is 14.1. The molecule has 0 aliphatic carbocycles. The normalized spacial score (nSPS) is 21.2. The predicted octanol–water partition coefficient (Wildman–Crippen LogP) is 1.65. The molecule has 0 bridgehead atoms. The van der Waals surface area contributed by atoms with Gasteiger partial charge >= 0.3 is 0 Å². The molecule has 1 amide bonds. The summed E-state index contributed by atoms with van der Waals surface area (Å²) >= 11 is 3.37. The molecule has 5 heteroatoms. The third-order valence-electron chi connectivity index (χ3n) is 2.72. The summed E-state index contributed by atoms with van der Waals surface area (Å²) in [5, 5.41) is 0. The summed E-state index contributed by atoms with van der Waals surface area (Å²) < 4.78 is 8.19. The molecule has 0 N–H and O–H groups in total. The van der Waals surface area contributed by atoms with Gasteiger partial charge in [-0.3, -0.25) is 4.79 Å². The van der Waals surface area contributed by atoms with Gasteiger partial charge in [0.2, 0.25) is 0 Å². The van der Waals surface area contributed by atoms with Crippen molar-refractivity contribution in [3.8, 4) is 0 Å². The van der Waals surface area contributed by atoms with Crippen LogP contribution in [0.15, 0.2) is 16.7 Å². The van der Waals surface area contributed by atoms with E-state index in [1.165, 1.54) is 0 Å². The number of hydrogen-bond donors (Lipinski definition) is 0. The molecule has 16 heavy (non-hydrogen) atoms. The van der Waals surface area contributed by atoms with Gasteiger partial charge in [0, 0.05) is 30.8 Å². The minimum absolute atomic E-state index is 0.0725. The topological polar surface area (TPSA) is 34.5 Å². The van der Waals surface area contributed by atoms with Crippen molar-refractivity contribution >= 4 is 21.8 Å². The van der Waals surface area contributed by atoms with Crippen molar-refractivity contribution in [2.45, 2.75) is 13.0 Å². The van der Waals surface area contributed by atoms with Crippen LogP contribution in [-0.4, -0.2) is 41.2 Å². The Morgan fingerprint density at radius 1 is 1.62 bits per heavy atom. The fourth-order valence-electron chi connectivity index (χ4n) is 1.90. The van der Waals surface area contributed by atoms with Gasteiger partial charge in [-0.15, -0.1) is 0 Å². The highest BCUT2D eigenvalue weighted by Crippen LogP contribution is 2.16. The third-order valence-corrected chi connectivity index (χ3v) is 3.15. The molecule has 1 aliphatic rings. The predicted molar refractivity (Wildman–Crippen MR) is 64.4 cm³/mol. The van der Waals surface area contributed by atoms with Crippen molar-refractivity contribution in [1.29, 1.82) is 0 Å². The molecule has 1 aromatic rings. The second kappa shape index (κ2) is 4.59. The summed E-state index contributed by atoms with van der Waals surface area (Å²) in [6, 6.07) is 1.85. The molecule has 1 fully saturated rings. The molecular formula is C11H15BrN2O2. The lowest BCUT2D eigenvalue weighted by Crippen LogP contribution is -2.45. The molecular weight excluding hydrogens is 272 g/mol. The Balaban J connectivity index is 2.15. The van der Waals surface area contributed by atoms with Crippen molar-refractivity contribution in [2.24, 2.45) is 7.05 Å². The highest BCUT2D eigenvalue weighted by Gasteiger charge is 2.24. The minimum atomic E-state index is 0.0725. The number of rotatable bonds is 1. The van der Waals surface area contributed by atoms with E-state index in [-0.39, 0.29) is 12.0 Å². The molecule has 4 nitrogen and oxygen atoms in total. The summed E-state index contributed by atoms with van der Waals surface area (Å²) in [7, 11) is 1.88. The second-order valence-corrected chi connectivity index (χ2v) is 5.00. The minimum Gasteiger partial charge on any atom is -0.375 e. The number of morpholine rings is 1. The number of halogens is 1. The molecule has 2 heterocycles. The molecule has 88 valence electrons. The van der Waals surface area contributed by atoms with Gasteiger partial charge in [0.25, 0.3) is 5.91 Å². The molecule has 1 atom stereocenters. The molecule has 0 aromatic carbocycles. The van der Waals surface area contributed by atoms with E-state index < -0.39 is 0 Å². The van der Waals surface area contributed by atoms with Gasteiger partial charge in [0.15, 0.2) is 0 Å². The molecule has 1 aromatic heterocycles. The SMILES string of the molecule is C[C@H]1CN(C(=O)c2cc(Br)cn2C)CCO1. The first-order valence-corrected chi connectivity index (χ1v) is 6.10. The third kappa shape index (κ3) is 2.30. The molecule has 0 saturated carbocycles. The average molecular weight is 287 g/mol. The summed E-state index contributed by atoms with van der Waals surface area (Å²) in [6.07, 6.45) is 2.01. The highest BCUT2D eigenvalue weighted by atomic mass is 79.9. The van der Waals surface area contributed by atoms with Crippen LogP contribution in [0.2, 0.25) is 0 Å². The first-order valence-electron chi connectivity index (χ1n) is 5.30. The van der Waals surface area contributed by atoms with E-state index in [0.717, 1.165) is 4.47 Å². The Hall–Kier alpha value is -0.810. The summed E-state index contributed by atoms with van der Waals surface area (Å²) in [5.74, 6) is 0.0725. The van der Waals surface area contributed by atoms with Crippen LogP contribution in [0.3, 0.4) is 0 Å². The largest absolute Gasteiger partial charge is 0.375 e. The number of ether oxygens (including phenoxy) is 1. The maximum Gasteiger partial charge on any atom is 0.270 e. The zero-order chi connectivity index (χ0) is 11.7. The van der Waals surface area contributed by atoms with E-state index in [4.69, 9.17) is 4.74 Å². The lowest BCUT2D eigenvalue weighted by atomic mass is 10.2. The van der Waals surface area contributed by atoms with Crippen LogP contribution in [0, 0.1) is 0 Å². The van der Waals surface area contributed by atoms with Gasteiger partial charge in [-0.2, -0.15) is 0 Å². The number of hydrogen-bond acceptors (Lipinski definition) is 2. The quantitative estimate of drug-likeness (QED) is 0.787. The van der Waals surface area contributed by atoms with Crippen LogP contribution in [0.25, 0.3) is 0 Å². The smallest absolute Gasteiger partial charge is 0.270 e. The number of carbonyl (C=O) groups is 1. The van der Waals surface area contributed by atoms with Crippen LogP contribution in [0.4, 0.5) is 0 Å². The Bertz CT molecular complexity index is 403. The number of nitrogens with zero attached hydrogens (tertiary/aromatic N) is 2. The zero-order valence-corrected chi connectivity index (χ0v) is 11.0. The van der Waals surface area contributed by atoms with Crippen molar-refractivity contribution < 1.29 is 9.53 Å². The fraction of sp³-hybridized carbons (Fsp3) is 0.545. The molecule has 0 unspecified atom stereocenters. The Morgan fingerprint density at radius 3 is 2.94 bits per heavy atom. The average Bonchev–Trinajstić information content (AvgIpc) is 2.57. The van der Waals surface area contributed by atoms with E-state index in [1.807, 2.05) is 35.7 Å². The number of aromatic nitrogens is 1. The van der Waals surface area contributed by atoms with E-state index in [0.29, 0.717) is 25.4 Å². The Labute approximate surface area is 103 Å². The standard InChI is InChI=1S/C11H15BrN2O2/c1-8-6-14(3-4-16-8)11(15)10-5-9(12)7-13(10)2/h5,7-8H,3-4,6H2,1-2H3/t8-/m0/s1. The van der Waals surface area contributed by atoms with Gasteiger partial charge in [-0.05, 0) is 28.9 Å². The van der Waals surface area contributed by atoms with Gasteiger partial charge in [0.05, 0.1) is 12.7 Å². The van der Waals surface area contributed by atoms with Gasteiger partial charge in [0.1, 0.15) is 5.69 Å². The van der Waals surface area contributed by atoms with Crippen LogP contribution < -0.4 is 0 Å². The molecule has 0 spiro atoms. The lowest BCUT2D eigenvalue weighted by Gasteiger charge is -2.31. The van der Waals surface area contributed by atoms with E-state index in [1.54, 1.807) is 0 Å². The van der Waals surface area contributed by atoms with Crippen molar-refractivity contribution in [2.75, 3.05) is 19.7 Å². The second-order valence-electron chi connectivity index (χ2n) is 4.09. The fourth-order valence-corrected chi connectivity index (χ4v) is 2.43. The van der Waals surface area contributed by atoms with Crippen LogP contribution in [0.1, 0.15) is 17.4 Å².